The molecule has 0 fully saturated rings. The number of ether oxygens (including phenoxy) is 2. The number of carbonyl (C=O) groups is 1. The van der Waals surface area contributed by atoms with E-state index in [1.54, 1.807) is 31.3 Å². The topological polar surface area (TPSA) is 77.7 Å². The molecule has 0 spiro atoms. The SMILES string of the molecule is COc1cc(/C=C/C(=O)N(C)Cc2ccccn2)ccc1OCc1c(C)noc1C. The second kappa shape index (κ2) is 9.73. The number of hydrogen-bond acceptors (Lipinski definition) is 6. The quantitative estimate of drug-likeness (QED) is 0.526. The van der Waals surface area contributed by atoms with Gasteiger partial charge in [-0.2, -0.15) is 0 Å². The van der Waals surface area contributed by atoms with Crippen LogP contribution in [0.3, 0.4) is 0 Å². The lowest BCUT2D eigenvalue weighted by Gasteiger charge is -2.14. The number of hydrogen-bond donors (Lipinski definition) is 0. The Bertz CT molecular complexity index is 1010. The highest BCUT2D eigenvalue weighted by atomic mass is 16.5. The summed E-state index contributed by atoms with van der Waals surface area (Å²) < 4.78 is 16.5. The number of aryl methyl sites for hydroxylation is 2. The van der Waals surface area contributed by atoms with E-state index < -0.39 is 0 Å². The van der Waals surface area contributed by atoms with Crippen LogP contribution < -0.4 is 9.47 Å². The molecule has 0 bridgehead atoms. The first kappa shape index (κ1) is 21.1. The second-order valence-electron chi connectivity index (χ2n) is 6.85. The van der Waals surface area contributed by atoms with Crippen LogP contribution in [0.5, 0.6) is 11.5 Å². The van der Waals surface area contributed by atoms with E-state index >= 15 is 0 Å². The fraction of sp³-hybridized carbons (Fsp3) is 0.261. The standard InChI is InChI=1S/C23H25N3O4/c1-16-20(17(2)30-25-16)15-29-21-10-8-18(13-22(21)28-4)9-11-23(27)26(3)14-19-7-5-6-12-24-19/h5-13H,14-15H2,1-4H3/b11-9+. The molecule has 0 saturated carbocycles. The van der Waals surface area contributed by atoms with E-state index in [2.05, 4.69) is 10.1 Å². The summed E-state index contributed by atoms with van der Waals surface area (Å²) in [6.07, 6.45) is 4.99. The van der Waals surface area contributed by atoms with Crippen molar-refractivity contribution in [3.05, 3.63) is 76.9 Å². The Morgan fingerprint density at radius 1 is 1.20 bits per heavy atom. The van der Waals surface area contributed by atoms with Crippen LogP contribution in [0.4, 0.5) is 0 Å². The number of likely N-dealkylation sites (N-methyl/N-ethyl adjacent to an activating group) is 1. The van der Waals surface area contributed by atoms with Gasteiger partial charge in [0.1, 0.15) is 12.4 Å². The average Bonchev–Trinajstić information content (AvgIpc) is 3.08. The van der Waals surface area contributed by atoms with Crippen molar-refractivity contribution in [2.45, 2.75) is 27.0 Å². The van der Waals surface area contributed by atoms with Crippen LogP contribution in [0.15, 0.2) is 53.2 Å². The second-order valence-corrected chi connectivity index (χ2v) is 6.85. The Hall–Kier alpha value is -3.61. The minimum atomic E-state index is -0.113. The van der Waals surface area contributed by atoms with Gasteiger partial charge in [-0.3, -0.25) is 9.78 Å². The molecule has 0 aliphatic rings. The highest BCUT2D eigenvalue weighted by Gasteiger charge is 2.12. The lowest BCUT2D eigenvalue weighted by Crippen LogP contribution is -2.24. The van der Waals surface area contributed by atoms with Crippen molar-refractivity contribution in [2.24, 2.45) is 0 Å². The fourth-order valence-electron chi connectivity index (χ4n) is 2.87. The summed E-state index contributed by atoms with van der Waals surface area (Å²) >= 11 is 0. The van der Waals surface area contributed by atoms with Crippen LogP contribution in [0.2, 0.25) is 0 Å². The molecule has 0 saturated heterocycles. The zero-order chi connectivity index (χ0) is 21.5. The van der Waals surface area contributed by atoms with Gasteiger partial charge >= 0.3 is 0 Å². The van der Waals surface area contributed by atoms with Gasteiger partial charge in [0, 0.05) is 19.3 Å². The molecule has 156 valence electrons. The molecule has 1 amide bonds. The maximum atomic E-state index is 12.4. The van der Waals surface area contributed by atoms with E-state index in [0.717, 1.165) is 28.3 Å². The first-order valence-electron chi connectivity index (χ1n) is 9.53. The van der Waals surface area contributed by atoms with E-state index in [1.807, 2.05) is 50.2 Å². The van der Waals surface area contributed by atoms with Gasteiger partial charge in [-0.25, -0.2) is 0 Å². The number of benzene rings is 1. The Morgan fingerprint density at radius 3 is 2.70 bits per heavy atom. The van der Waals surface area contributed by atoms with Crippen LogP contribution in [0, 0.1) is 13.8 Å². The molecule has 30 heavy (non-hydrogen) atoms. The van der Waals surface area contributed by atoms with Crippen LogP contribution in [-0.4, -0.2) is 35.1 Å². The van der Waals surface area contributed by atoms with Crippen molar-refractivity contribution < 1.29 is 18.8 Å². The molecule has 1 aromatic carbocycles. The summed E-state index contributed by atoms with van der Waals surface area (Å²) in [6.45, 7) is 4.51. The van der Waals surface area contributed by atoms with Crippen molar-refractivity contribution in [1.29, 1.82) is 0 Å². The summed E-state index contributed by atoms with van der Waals surface area (Å²) in [5.74, 6) is 1.81. The van der Waals surface area contributed by atoms with E-state index in [9.17, 15) is 4.79 Å². The Kier molecular flexibility index (Phi) is 6.85. The largest absolute Gasteiger partial charge is 0.493 e. The molecule has 3 rings (SSSR count). The number of nitrogens with zero attached hydrogens (tertiary/aromatic N) is 3. The molecule has 2 heterocycles. The van der Waals surface area contributed by atoms with Crippen molar-refractivity contribution in [3.8, 4) is 11.5 Å². The Balaban J connectivity index is 1.64. The lowest BCUT2D eigenvalue weighted by molar-refractivity contribution is -0.125. The van der Waals surface area contributed by atoms with Gasteiger partial charge in [0.25, 0.3) is 0 Å². The predicted molar refractivity (Wildman–Crippen MR) is 113 cm³/mol. The van der Waals surface area contributed by atoms with Crippen LogP contribution in [0.1, 0.15) is 28.3 Å². The third-order valence-electron chi connectivity index (χ3n) is 4.66. The summed E-state index contributed by atoms with van der Waals surface area (Å²) in [7, 11) is 3.32. The zero-order valence-electron chi connectivity index (χ0n) is 17.6. The first-order valence-corrected chi connectivity index (χ1v) is 9.53. The molecule has 0 aliphatic carbocycles. The van der Waals surface area contributed by atoms with Crippen molar-refractivity contribution in [3.63, 3.8) is 0 Å². The van der Waals surface area contributed by atoms with Gasteiger partial charge in [-0.15, -0.1) is 0 Å². The molecule has 3 aromatic rings. The molecule has 0 radical (unpaired) electrons. The molecule has 0 N–H and O–H groups in total. The number of carbonyl (C=O) groups excluding carboxylic acids is 1. The molecular formula is C23H25N3O4. The summed E-state index contributed by atoms with van der Waals surface area (Å²) in [4.78, 5) is 18.2. The summed E-state index contributed by atoms with van der Waals surface area (Å²) in [6, 6.07) is 11.1. The Labute approximate surface area is 175 Å². The number of pyridine rings is 1. The highest BCUT2D eigenvalue weighted by molar-refractivity contribution is 5.91. The molecule has 2 aromatic heterocycles. The Morgan fingerprint density at radius 2 is 2.03 bits per heavy atom. The number of rotatable bonds is 8. The van der Waals surface area contributed by atoms with Crippen LogP contribution in [-0.2, 0) is 17.9 Å². The lowest BCUT2D eigenvalue weighted by atomic mass is 10.1. The summed E-state index contributed by atoms with van der Waals surface area (Å²) in [5, 5.41) is 3.93. The minimum absolute atomic E-state index is 0.113. The maximum absolute atomic E-state index is 12.4. The van der Waals surface area contributed by atoms with Gasteiger partial charge in [0.2, 0.25) is 5.91 Å². The van der Waals surface area contributed by atoms with E-state index in [-0.39, 0.29) is 5.91 Å². The molecule has 7 nitrogen and oxygen atoms in total. The highest BCUT2D eigenvalue weighted by Crippen LogP contribution is 2.30. The van der Waals surface area contributed by atoms with Crippen LogP contribution in [0.25, 0.3) is 6.08 Å². The van der Waals surface area contributed by atoms with Crippen molar-refractivity contribution in [2.75, 3.05) is 14.2 Å². The molecule has 0 unspecified atom stereocenters. The van der Waals surface area contributed by atoms with Crippen LogP contribution >= 0.6 is 0 Å². The maximum Gasteiger partial charge on any atom is 0.246 e. The van der Waals surface area contributed by atoms with Gasteiger partial charge in [0.05, 0.1) is 30.6 Å². The van der Waals surface area contributed by atoms with Crippen molar-refractivity contribution >= 4 is 12.0 Å². The van der Waals surface area contributed by atoms with Crippen molar-refractivity contribution in [1.82, 2.24) is 15.0 Å². The smallest absolute Gasteiger partial charge is 0.246 e. The average molecular weight is 407 g/mol. The first-order chi connectivity index (χ1) is 14.5. The van der Waals surface area contributed by atoms with E-state index in [0.29, 0.717) is 24.7 Å². The normalized spacial score (nSPS) is 10.9. The predicted octanol–water partition coefficient (Wildman–Crippen LogP) is 3.95. The molecule has 7 heteroatoms. The molecule has 0 aliphatic heterocycles. The third-order valence-corrected chi connectivity index (χ3v) is 4.66. The fourth-order valence-corrected chi connectivity index (χ4v) is 2.87. The molecule has 0 atom stereocenters. The molecular weight excluding hydrogens is 382 g/mol. The number of aromatic nitrogens is 2. The number of amides is 1. The van der Waals surface area contributed by atoms with Gasteiger partial charge in [0.15, 0.2) is 11.5 Å². The summed E-state index contributed by atoms with van der Waals surface area (Å²) in [5.41, 5.74) is 3.39. The van der Waals surface area contributed by atoms with Gasteiger partial charge < -0.3 is 18.9 Å². The van der Waals surface area contributed by atoms with E-state index in [4.69, 9.17) is 14.0 Å². The number of methoxy groups -OCH3 is 1. The third kappa shape index (κ3) is 5.26. The minimum Gasteiger partial charge on any atom is -0.493 e. The monoisotopic (exact) mass is 407 g/mol. The van der Waals surface area contributed by atoms with E-state index in [1.165, 1.54) is 6.08 Å². The van der Waals surface area contributed by atoms with Gasteiger partial charge in [-0.1, -0.05) is 17.3 Å². The zero-order valence-corrected chi connectivity index (χ0v) is 17.6. The van der Waals surface area contributed by atoms with Gasteiger partial charge in [-0.05, 0) is 49.8 Å².